The lowest BCUT2D eigenvalue weighted by Crippen LogP contribution is -2.17. The van der Waals surface area contributed by atoms with Crippen LogP contribution in [-0.4, -0.2) is 38.4 Å². The van der Waals surface area contributed by atoms with Gasteiger partial charge in [-0.05, 0) is 26.2 Å². The highest BCUT2D eigenvalue weighted by molar-refractivity contribution is 7.16. The van der Waals surface area contributed by atoms with Crippen molar-refractivity contribution in [1.29, 1.82) is 0 Å². The highest BCUT2D eigenvalue weighted by atomic mass is 32.1. The van der Waals surface area contributed by atoms with Crippen molar-refractivity contribution in [2.45, 2.75) is 27.2 Å². The summed E-state index contributed by atoms with van der Waals surface area (Å²) in [6.45, 7) is 6.90. The van der Waals surface area contributed by atoms with Crippen molar-refractivity contribution >= 4 is 23.3 Å². The van der Waals surface area contributed by atoms with Crippen LogP contribution >= 0.6 is 11.3 Å². The maximum absolute atomic E-state index is 12.1. The van der Waals surface area contributed by atoms with Gasteiger partial charge in [0.25, 0.3) is 0 Å². The molecule has 2 heterocycles. The molecule has 0 spiro atoms. The first kappa shape index (κ1) is 16.6. The number of hydrogen-bond donors (Lipinski definition) is 0. The monoisotopic (exact) mass is 328 g/mol. The summed E-state index contributed by atoms with van der Waals surface area (Å²) in [5.41, 5.74) is 0. The Kier molecular flexibility index (Phi) is 5.65. The SMILES string of the molecule is CCOC(=O)c1sc(C(=O)OCC)c2c1OCCC(C)CO2. The molecule has 0 fully saturated rings. The summed E-state index contributed by atoms with van der Waals surface area (Å²) in [4.78, 5) is 24.7. The molecule has 1 aromatic rings. The van der Waals surface area contributed by atoms with Gasteiger partial charge in [-0.3, -0.25) is 0 Å². The van der Waals surface area contributed by atoms with E-state index in [9.17, 15) is 9.59 Å². The van der Waals surface area contributed by atoms with Crippen molar-refractivity contribution in [3.8, 4) is 11.5 Å². The van der Waals surface area contributed by atoms with Gasteiger partial charge in [0.2, 0.25) is 0 Å². The van der Waals surface area contributed by atoms with E-state index in [1.165, 1.54) is 0 Å². The van der Waals surface area contributed by atoms with Gasteiger partial charge in [-0.15, -0.1) is 11.3 Å². The van der Waals surface area contributed by atoms with Gasteiger partial charge in [0.05, 0.1) is 26.4 Å². The summed E-state index contributed by atoms with van der Waals surface area (Å²) in [6.07, 6.45) is 0.812. The van der Waals surface area contributed by atoms with Crippen molar-refractivity contribution < 1.29 is 28.5 Å². The van der Waals surface area contributed by atoms with Crippen molar-refractivity contribution in [1.82, 2.24) is 0 Å². The molecular weight excluding hydrogens is 308 g/mol. The fourth-order valence-electron chi connectivity index (χ4n) is 2.00. The van der Waals surface area contributed by atoms with E-state index < -0.39 is 11.9 Å². The first-order valence-electron chi connectivity index (χ1n) is 7.35. The quantitative estimate of drug-likeness (QED) is 0.792. The minimum absolute atomic E-state index is 0.244. The van der Waals surface area contributed by atoms with E-state index in [0.717, 1.165) is 17.8 Å². The predicted octanol–water partition coefficient (Wildman–Crippen LogP) is 2.90. The summed E-state index contributed by atoms with van der Waals surface area (Å²) < 4.78 is 21.5. The van der Waals surface area contributed by atoms with Crippen LogP contribution < -0.4 is 9.47 Å². The zero-order chi connectivity index (χ0) is 16.1. The lowest BCUT2D eigenvalue weighted by Gasteiger charge is -2.19. The molecule has 1 atom stereocenters. The third-order valence-electron chi connectivity index (χ3n) is 3.11. The smallest absolute Gasteiger partial charge is 0.352 e. The van der Waals surface area contributed by atoms with E-state index in [1.54, 1.807) is 13.8 Å². The van der Waals surface area contributed by atoms with Gasteiger partial charge in [-0.1, -0.05) is 6.92 Å². The molecule has 1 aliphatic heterocycles. The molecule has 0 radical (unpaired) electrons. The van der Waals surface area contributed by atoms with Gasteiger partial charge in [0.1, 0.15) is 0 Å². The molecule has 0 aliphatic carbocycles. The Hall–Kier alpha value is -1.76. The maximum atomic E-state index is 12.1. The second kappa shape index (κ2) is 7.49. The molecule has 1 aliphatic rings. The average Bonchev–Trinajstić information content (AvgIpc) is 2.81. The van der Waals surface area contributed by atoms with E-state index in [1.807, 2.05) is 6.92 Å². The Bertz CT molecular complexity index is 550. The van der Waals surface area contributed by atoms with Gasteiger partial charge in [-0.2, -0.15) is 0 Å². The summed E-state index contributed by atoms with van der Waals surface area (Å²) in [7, 11) is 0. The van der Waals surface area contributed by atoms with E-state index in [2.05, 4.69) is 0 Å². The average molecular weight is 328 g/mol. The Morgan fingerprint density at radius 3 is 2.18 bits per heavy atom. The van der Waals surface area contributed by atoms with Gasteiger partial charge in [0.15, 0.2) is 21.3 Å². The predicted molar refractivity (Wildman–Crippen MR) is 81.0 cm³/mol. The minimum atomic E-state index is -0.517. The van der Waals surface area contributed by atoms with E-state index in [-0.39, 0.29) is 28.7 Å². The number of ether oxygens (including phenoxy) is 4. The van der Waals surface area contributed by atoms with Gasteiger partial charge in [-0.25, -0.2) is 9.59 Å². The molecule has 7 heteroatoms. The molecule has 0 saturated carbocycles. The third kappa shape index (κ3) is 3.52. The summed E-state index contributed by atoms with van der Waals surface area (Å²) >= 11 is 0.992. The van der Waals surface area contributed by atoms with Crippen LogP contribution in [0.2, 0.25) is 0 Å². The van der Waals surface area contributed by atoms with E-state index in [0.29, 0.717) is 24.9 Å². The molecule has 2 rings (SSSR count). The zero-order valence-corrected chi connectivity index (χ0v) is 13.8. The summed E-state index contributed by atoms with van der Waals surface area (Å²) in [5.74, 6) is -0.154. The minimum Gasteiger partial charge on any atom is -0.488 e. The number of rotatable bonds is 4. The van der Waals surface area contributed by atoms with E-state index in [4.69, 9.17) is 18.9 Å². The van der Waals surface area contributed by atoms with Gasteiger partial charge in [0, 0.05) is 0 Å². The second-order valence-electron chi connectivity index (χ2n) is 4.91. The number of esters is 2. The van der Waals surface area contributed by atoms with Crippen LogP contribution in [0.25, 0.3) is 0 Å². The van der Waals surface area contributed by atoms with Crippen molar-refractivity contribution in [3.05, 3.63) is 9.75 Å². The third-order valence-corrected chi connectivity index (χ3v) is 4.23. The van der Waals surface area contributed by atoms with Crippen LogP contribution in [-0.2, 0) is 9.47 Å². The molecule has 0 saturated heterocycles. The van der Waals surface area contributed by atoms with Crippen LogP contribution in [0.5, 0.6) is 11.5 Å². The standard InChI is InChI=1S/C15H20O6S/c1-4-18-14(16)12-10-11(13(22-12)15(17)19-5-2)21-8-9(3)6-7-20-10/h9H,4-8H2,1-3H3. The van der Waals surface area contributed by atoms with Crippen LogP contribution in [0.4, 0.5) is 0 Å². The largest absolute Gasteiger partial charge is 0.488 e. The van der Waals surface area contributed by atoms with Gasteiger partial charge < -0.3 is 18.9 Å². The van der Waals surface area contributed by atoms with Crippen LogP contribution in [0.15, 0.2) is 0 Å². The number of thiophene rings is 1. The number of fused-ring (bicyclic) bond motifs is 1. The molecular formula is C15H20O6S. The first-order valence-corrected chi connectivity index (χ1v) is 8.16. The molecule has 0 aromatic carbocycles. The Morgan fingerprint density at radius 1 is 1.09 bits per heavy atom. The fourth-order valence-corrected chi connectivity index (χ4v) is 2.97. The Labute approximate surface area is 133 Å². The summed E-state index contributed by atoms with van der Waals surface area (Å²) in [6, 6.07) is 0. The second-order valence-corrected chi connectivity index (χ2v) is 5.93. The van der Waals surface area contributed by atoms with Crippen LogP contribution in [0, 0.1) is 5.92 Å². The molecule has 6 nitrogen and oxygen atoms in total. The fraction of sp³-hybridized carbons (Fsp3) is 0.600. The zero-order valence-electron chi connectivity index (χ0n) is 13.0. The molecule has 0 N–H and O–H groups in total. The van der Waals surface area contributed by atoms with Crippen LogP contribution in [0.3, 0.4) is 0 Å². The van der Waals surface area contributed by atoms with E-state index >= 15 is 0 Å². The lowest BCUT2D eigenvalue weighted by atomic mass is 10.1. The highest BCUT2D eigenvalue weighted by Crippen LogP contribution is 2.44. The van der Waals surface area contributed by atoms with Crippen LogP contribution in [0.1, 0.15) is 46.5 Å². The molecule has 1 aromatic heterocycles. The Morgan fingerprint density at radius 2 is 1.64 bits per heavy atom. The highest BCUT2D eigenvalue weighted by Gasteiger charge is 2.32. The molecule has 122 valence electrons. The van der Waals surface area contributed by atoms with Crippen molar-refractivity contribution in [2.24, 2.45) is 5.92 Å². The topological polar surface area (TPSA) is 71.1 Å². The number of hydrogen-bond acceptors (Lipinski definition) is 7. The lowest BCUT2D eigenvalue weighted by molar-refractivity contribution is 0.0513. The first-order chi connectivity index (χ1) is 10.6. The molecule has 1 unspecified atom stereocenters. The molecule has 0 bridgehead atoms. The van der Waals surface area contributed by atoms with Gasteiger partial charge >= 0.3 is 11.9 Å². The normalized spacial score (nSPS) is 17.3. The molecule has 22 heavy (non-hydrogen) atoms. The molecule has 0 amide bonds. The number of carbonyl (C=O) groups excluding carboxylic acids is 2. The van der Waals surface area contributed by atoms with Crippen molar-refractivity contribution in [3.63, 3.8) is 0 Å². The summed E-state index contributed by atoms with van der Waals surface area (Å²) in [5, 5.41) is 0. The maximum Gasteiger partial charge on any atom is 0.352 e. The van der Waals surface area contributed by atoms with Crippen molar-refractivity contribution in [2.75, 3.05) is 26.4 Å². The Balaban J connectivity index is 2.43. The number of carbonyl (C=O) groups is 2.